The minimum atomic E-state index is -0.351. The zero-order chi connectivity index (χ0) is 26.5. The lowest BCUT2D eigenvalue weighted by Gasteiger charge is -2.27. The van der Waals surface area contributed by atoms with Crippen LogP contribution in [0.4, 0.5) is 4.39 Å². The average Bonchev–Trinajstić information content (AvgIpc) is 2.88. The lowest BCUT2D eigenvalue weighted by molar-refractivity contribution is -0.120. The van der Waals surface area contributed by atoms with E-state index in [1.165, 1.54) is 12.1 Å². The maximum atomic E-state index is 13.7. The normalized spacial score (nSPS) is 18.0. The number of aliphatic hydroxyl groups is 1. The maximum absolute atomic E-state index is 13.7. The summed E-state index contributed by atoms with van der Waals surface area (Å²) in [7, 11) is 0. The Hall–Kier alpha value is -1.98. The van der Waals surface area contributed by atoms with Gasteiger partial charge in [0, 0.05) is 12.2 Å². The van der Waals surface area contributed by atoms with Gasteiger partial charge in [-0.25, -0.2) is 4.39 Å². The first-order valence-electron chi connectivity index (χ1n) is 12.6. The Bertz CT molecular complexity index is 943. The second-order valence-electron chi connectivity index (χ2n) is 9.03. The Morgan fingerprint density at radius 1 is 1.20 bits per heavy atom. The van der Waals surface area contributed by atoms with Gasteiger partial charge in [0.2, 0.25) is 0 Å². The molecule has 1 heterocycles. The van der Waals surface area contributed by atoms with Crippen molar-refractivity contribution in [3.8, 4) is 5.75 Å². The molecule has 0 amide bonds. The number of fused-ring (bicyclic) bond motifs is 1. The van der Waals surface area contributed by atoms with Crippen molar-refractivity contribution in [3.63, 3.8) is 0 Å². The van der Waals surface area contributed by atoms with E-state index in [1.54, 1.807) is 6.07 Å². The van der Waals surface area contributed by atoms with Gasteiger partial charge in [0.25, 0.3) is 0 Å². The molecule has 0 saturated heterocycles. The van der Waals surface area contributed by atoms with Gasteiger partial charge in [-0.15, -0.1) is 0 Å². The third-order valence-corrected chi connectivity index (χ3v) is 7.46. The number of aliphatic hydroxyl groups excluding tert-OH is 1. The molecule has 3 unspecified atom stereocenters. The molecular formula is C30H42BrFO3. The lowest BCUT2D eigenvalue weighted by atomic mass is 9.82. The third-order valence-electron chi connectivity index (χ3n) is 6.41. The van der Waals surface area contributed by atoms with Gasteiger partial charge in [-0.3, -0.25) is 4.79 Å². The molecule has 0 aliphatic carbocycles. The van der Waals surface area contributed by atoms with Crippen LogP contribution in [0.1, 0.15) is 66.4 Å². The first-order valence-corrected chi connectivity index (χ1v) is 13.4. The number of hydrogen-bond donors (Lipinski definition) is 1. The summed E-state index contributed by atoms with van der Waals surface area (Å²) in [6.07, 6.45) is 9.23. The number of Topliss-reactive ketones (excluding diaryl/α,β-unsaturated/α-hetero) is 1. The van der Waals surface area contributed by atoms with Gasteiger partial charge in [-0.1, -0.05) is 75.4 Å². The molecule has 0 fully saturated rings. The van der Waals surface area contributed by atoms with Gasteiger partial charge in [-0.2, -0.15) is 0 Å². The summed E-state index contributed by atoms with van der Waals surface area (Å²) in [6.45, 7) is 17.3. The number of ketones is 1. The fourth-order valence-electron chi connectivity index (χ4n) is 3.59. The molecule has 2 rings (SSSR count). The first-order chi connectivity index (χ1) is 16.6. The average molecular weight is 550 g/mol. The van der Waals surface area contributed by atoms with E-state index in [1.807, 2.05) is 32.1 Å². The van der Waals surface area contributed by atoms with E-state index in [2.05, 4.69) is 50.2 Å². The van der Waals surface area contributed by atoms with Crippen LogP contribution in [0.15, 0.2) is 64.2 Å². The number of hydrogen-bond acceptors (Lipinski definition) is 3. The molecule has 1 N–H and O–H groups in total. The van der Waals surface area contributed by atoms with Crippen molar-refractivity contribution in [2.75, 3.05) is 13.2 Å². The number of ether oxygens (including phenoxy) is 1. The number of carbonyl (C=O) groups is 1. The van der Waals surface area contributed by atoms with Crippen LogP contribution in [0.5, 0.6) is 5.75 Å². The summed E-state index contributed by atoms with van der Waals surface area (Å²) < 4.78 is 20.6. The SMILES string of the molecule is C=C(C(=C\C=C(\Br)C(C)CC)/C(=C\C)C(=O)C1COc2ccc(F)cc2C1)C(C)CC.CCCO. The standard InChI is InChI=1S/C27H34BrFO2.C3H8O/c1-7-17(4)19(6)24(11-12-25(28)18(5)8-2)23(9-3)27(30)21-14-20-15-22(29)10-13-26(20)31-16-21;1-2-3-4/h9-13,15,17-18,21H,6-8,14,16H2,1-5H3;4H,2-3H2,1H3/b23-9+,24-11+,25-12+;. The number of allylic oxidation sites excluding steroid dienone is 7. The van der Waals surface area contributed by atoms with Crippen molar-refractivity contribution in [1.82, 2.24) is 0 Å². The van der Waals surface area contributed by atoms with E-state index in [4.69, 9.17) is 9.84 Å². The highest BCUT2D eigenvalue weighted by Crippen LogP contribution is 2.34. The van der Waals surface area contributed by atoms with Gasteiger partial charge < -0.3 is 9.84 Å². The monoisotopic (exact) mass is 548 g/mol. The van der Waals surface area contributed by atoms with Crippen molar-refractivity contribution in [2.45, 2.75) is 67.2 Å². The van der Waals surface area contributed by atoms with Crippen LogP contribution < -0.4 is 4.74 Å². The van der Waals surface area contributed by atoms with Crippen LogP contribution in [0.3, 0.4) is 0 Å². The number of carbonyl (C=O) groups excluding carboxylic acids is 1. The summed E-state index contributed by atoms with van der Waals surface area (Å²) in [5.41, 5.74) is 3.21. The molecule has 1 aromatic rings. The van der Waals surface area contributed by atoms with Crippen molar-refractivity contribution in [1.29, 1.82) is 0 Å². The molecule has 1 aliphatic heterocycles. The number of benzene rings is 1. The summed E-state index contributed by atoms with van der Waals surface area (Å²) in [5.74, 6) is 0.663. The molecule has 1 aliphatic rings. The minimum absolute atomic E-state index is 0.0150. The van der Waals surface area contributed by atoms with Crippen molar-refractivity contribution >= 4 is 21.7 Å². The van der Waals surface area contributed by atoms with Crippen LogP contribution in [0.2, 0.25) is 0 Å². The Morgan fingerprint density at radius 3 is 2.37 bits per heavy atom. The Balaban J connectivity index is 0.00000142. The van der Waals surface area contributed by atoms with Gasteiger partial charge >= 0.3 is 0 Å². The van der Waals surface area contributed by atoms with Gasteiger partial charge in [0.15, 0.2) is 5.78 Å². The van der Waals surface area contributed by atoms with E-state index in [9.17, 15) is 9.18 Å². The molecule has 3 nitrogen and oxygen atoms in total. The van der Waals surface area contributed by atoms with E-state index in [0.717, 1.165) is 40.5 Å². The van der Waals surface area contributed by atoms with Gasteiger partial charge in [-0.05, 0) is 83.8 Å². The molecule has 194 valence electrons. The molecule has 35 heavy (non-hydrogen) atoms. The molecule has 0 aromatic heterocycles. The van der Waals surface area contributed by atoms with E-state index >= 15 is 0 Å². The van der Waals surface area contributed by atoms with Crippen LogP contribution in [0.25, 0.3) is 0 Å². The second-order valence-corrected chi connectivity index (χ2v) is 9.95. The summed E-state index contributed by atoms with van der Waals surface area (Å²) in [4.78, 5) is 13.6. The van der Waals surface area contributed by atoms with E-state index in [0.29, 0.717) is 36.9 Å². The third kappa shape index (κ3) is 9.20. The highest BCUT2D eigenvalue weighted by atomic mass is 79.9. The fourth-order valence-corrected chi connectivity index (χ4v) is 4.04. The summed E-state index contributed by atoms with van der Waals surface area (Å²) in [5, 5.41) is 7.88. The zero-order valence-corrected chi connectivity index (χ0v) is 23.8. The maximum Gasteiger partial charge on any atom is 0.169 e. The van der Waals surface area contributed by atoms with Crippen LogP contribution in [0, 0.1) is 23.6 Å². The lowest BCUT2D eigenvalue weighted by Crippen LogP contribution is -2.30. The molecule has 1 aromatic carbocycles. The second kappa shape index (κ2) is 15.9. The Labute approximate surface area is 220 Å². The van der Waals surface area contributed by atoms with Crippen LogP contribution >= 0.6 is 15.9 Å². The van der Waals surface area contributed by atoms with Gasteiger partial charge in [0.1, 0.15) is 11.6 Å². The topological polar surface area (TPSA) is 46.5 Å². The van der Waals surface area contributed by atoms with Crippen molar-refractivity contribution < 1.29 is 19.0 Å². The molecule has 5 heteroatoms. The molecule has 3 atom stereocenters. The Morgan fingerprint density at radius 2 is 1.83 bits per heavy atom. The van der Waals surface area contributed by atoms with Crippen LogP contribution in [-0.4, -0.2) is 24.1 Å². The number of rotatable bonds is 10. The van der Waals surface area contributed by atoms with Crippen LogP contribution in [-0.2, 0) is 11.2 Å². The summed E-state index contributed by atoms with van der Waals surface area (Å²) >= 11 is 3.67. The molecule has 0 saturated carbocycles. The Kier molecular flexibility index (Phi) is 14.1. The highest BCUT2D eigenvalue weighted by molar-refractivity contribution is 9.11. The number of halogens is 2. The minimum Gasteiger partial charge on any atom is -0.493 e. The predicted octanol–water partition coefficient (Wildman–Crippen LogP) is 8.13. The largest absolute Gasteiger partial charge is 0.493 e. The smallest absolute Gasteiger partial charge is 0.169 e. The predicted molar refractivity (Wildman–Crippen MR) is 148 cm³/mol. The van der Waals surface area contributed by atoms with E-state index < -0.39 is 0 Å². The highest BCUT2D eigenvalue weighted by Gasteiger charge is 2.30. The molecule has 0 spiro atoms. The molecule has 0 radical (unpaired) electrons. The molecule has 0 bridgehead atoms. The fraction of sp³-hybridized carbons (Fsp3) is 0.500. The molecular weight excluding hydrogens is 507 g/mol. The zero-order valence-electron chi connectivity index (χ0n) is 22.2. The summed E-state index contributed by atoms with van der Waals surface area (Å²) in [6, 6.07) is 4.48. The van der Waals surface area contributed by atoms with E-state index in [-0.39, 0.29) is 23.4 Å². The first kappa shape index (κ1) is 31.1. The van der Waals surface area contributed by atoms with Gasteiger partial charge in [0.05, 0.1) is 12.5 Å². The quantitative estimate of drug-likeness (QED) is 0.237. The van der Waals surface area contributed by atoms with Crippen molar-refractivity contribution in [3.05, 3.63) is 75.6 Å². The van der Waals surface area contributed by atoms with Crippen molar-refractivity contribution in [2.24, 2.45) is 17.8 Å².